The summed E-state index contributed by atoms with van der Waals surface area (Å²) in [6.07, 6.45) is -2.46. The lowest BCUT2D eigenvalue weighted by Gasteiger charge is -2.35. The van der Waals surface area contributed by atoms with Gasteiger partial charge in [0.15, 0.2) is 0 Å². The molecule has 6 heteroatoms. The topological polar surface area (TPSA) is 21.3 Å². The van der Waals surface area contributed by atoms with Crippen LogP contribution in [0, 0.1) is 0 Å². The number of nitrogens with one attached hydrogen (secondary N) is 1. The van der Waals surface area contributed by atoms with Crippen LogP contribution in [0.25, 0.3) is 0 Å². The fourth-order valence-electron chi connectivity index (χ4n) is 1.91. The quantitative estimate of drug-likeness (QED) is 0.905. The van der Waals surface area contributed by atoms with Crippen molar-refractivity contribution in [2.75, 3.05) is 12.4 Å². The fraction of sp³-hybridized carbons (Fsp3) is 0.500. The molecule has 100 valence electrons. The van der Waals surface area contributed by atoms with Gasteiger partial charge in [-0.3, -0.25) is 0 Å². The molecule has 0 unspecified atom stereocenters. The molecule has 0 heterocycles. The van der Waals surface area contributed by atoms with E-state index >= 15 is 0 Å². The molecule has 1 saturated carbocycles. The Kier molecular flexibility index (Phi) is 3.87. The molecule has 1 aromatic rings. The average molecular weight is 324 g/mol. The Balaban J connectivity index is 2.08. The van der Waals surface area contributed by atoms with Crippen LogP contribution in [0.4, 0.5) is 18.9 Å². The van der Waals surface area contributed by atoms with Gasteiger partial charge in [-0.25, -0.2) is 0 Å². The number of methoxy groups -OCH3 is 1. The lowest BCUT2D eigenvalue weighted by atomic mass is 9.89. The summed E-state index contributed by atoms with van der Waals surface area (Å²) in [5.41, 5.74) is -0.166. The standard InChI is InChI=1S/C12H13BrF3NO/c1-18-9-5-8(6-9)17-11-4-7(12(14,15)16)2-3-10(11)13/h2-4,8-9,17H,5-6H2,1H3. The van der Waals surface area contributed by atoms with Crippen LogP contribution in [0.2, 0.25) is 0 Å². The maximum atomic E-state index is 12.6. The number of benzene rings is 1. The SMILES string of the molecule is COC1CC(Nc2cc(C(F)(F)F)ccc2Br)C1. The van der Waals surface area contributed by atoms with Crippen LogP contribution in [0.15, 0.2) is 22.7 Å². The fourth-order valence-corrected chi connectivity index (χ4v) is 2.27. The third kappa shape index (κ3) is 2.98. The van der Waals surface area contributed by atoms with E-state index in [-0.39, 0.29) is 12.1 Å². The number of rotatable bonds is 3. The number of halogens is 4. The number of hydrogen-bond acceptors (Lipinski definition) is 2. The van der Waals surface area contributed by atoms with E-state index < -0.39 is 11.7 Å². The van der Waals surface area contributed by atoms with Crippen molar-refractivity contribution in [1.29, 1.82) is 0 Å². The lowest BCUT2D eigenvalue weighted by molar-refractivity contribution is -0.137. The summed E-state index contributed by atoms with van der Waals surface area (Å²) in [5.74, 6) is 0. The van der Waals surface area contributed by atoms with Gasteiger partial charge in [0.2, 0.25) is 0 Å². The van der Waals surface area contributed by atoms with E-state index in [1.54, 1.807) is 7.11 Å². The second-order valence-electron chi connectivity index (χ2n) is 4.36. The lowest BCUT2D eigenvalue weighted by Crippen LogP contribution is -2.40. The van der Waals surface area contributed by atoms with Crippen LogP contribution in [-0.2, 0) is 10.9 Å². The third-order valence-corrected chi connectivity index (χ3v) is 3.77. The van der Waals surface area contributed by atoms with E-state index in [1.165, 1.54) is 6.07 Å². The van der Waals surface area contributed by atoms with Crippen LogP contribution < -0.4 is 5.32 Å². The van der Waals surface area contributed by atoms with Crippen LogP contribution in [0.1, 0.15) is 18.4 Å². The van der Waals surface area contributed by atoms with Gasteiger partial charge in [-0.2, -0.15) is 13.2 Å². The number of alkyl halides is 3. The van der Waals surface area contributed by atoms with Gasteiger partial charge >= 0.3 is 6.18 Å². The molecule has 0 saturated heterocycles. The Labute approximate surface area is 112 Å². The summed E-state index contributed by atoms with van der Waals surface area (Å²) in [4.78, 5) is 0. The first-order valence-corrected chi connectivity index (χ1v) is 6.35. The number of ether oxygens (including phenoxy) is 1. The van der Waals surface area contributed by atoms with Crippen molar-refractivity contribution in [2.45, 2.75) is 31.2 Å². The average Bonchev–Trinajstić information content (AvgIpc) is 2.23. The molecule has 2 rings (SSSR count). The summed E-state index contributed by atoms with van der Waals surface area (Å²) >= 11 is 3.25. The first kappa shape index (κ1) is 13.7. The molecule has 18 heavy (non-hydrogen) atoms. The molecular formula is C12H13BrF3NO. The first-order chi connectivity index (χ1) is 8.40. The summed E-state index contributed by atoms with van der Waals surface area (Å²) in [6.45, 7) is 0. The molecule has 0 aliphatic heterocycles. The minimum Gasteiger partial charge on any atom is -0.381 e. The Hall–Kier alpha value is -0.750. The summed E-state index contributed by atoms with van der Waals surface area (Å²) in [7, 11) is 1.64. The normalized spacial score (nSPS) is 23.6. The molecule has 0 radical (unpaired) electrons. The molecule has 0 aromatic heterocycles. The van der Waals surface area contributed by atoms with Gasteiger partial charge in [0.1, 0.15) is 0 Å². The first-order valence-electron chi connectivity index (χ1n) is 5.56. The Morgan fingerprint density at radius 2 is 2.00 bits per heavy atom. The van der Waals surface area contributed by atoms with E-state index in [1.807, 2.05) is 0 Å². The van der Waals surface area contributed by atoms with Crippen LogP contribution in [0.3, 0.4) is 0 Å². The molecule has 1 fully saturated rings. The molecule has 1 aliphatic carbocycles. The predicted molar refractivity (Wildman–Crippen MR) is 66.6 cm³/mol. The second-order valence-corrected chi connectivity index (χ2v) is 5.22. The summed E-state index contributed by atoms with van der Waals surface area (Å²) < 4.78 is 43.5. The van der Waals surface area contributed by atoms with Gasteiger partial charge in [0.05, 0.1) is 11.7 Å². The maximum absolute atomic E-state index is 12.6. The highest BCUT2D eigenvalue weighted by Gasteiger charge is 2.32. The zero-order valence-corrected chi connectivity index (χ0v) is 11.3. The van der Waals surface area contributed by atoms with E-state index in [9.17, 15) is 13.2 Å². The molecule has 0 spiro atoms. The zero-order chi connectivity index (χ0) is 13.3. The van der Waals surface area contributed by atoms with Crippen molar-refractivity contribution in [1.82, 2.24) is 0 Å². The van der Waals surface area contributed by atoms with Gasteiger partial charge in [-0.05, 0) is 47.0 Å². The molecule has 1 N–H and O–H groups in total. The van der Waals surface area contributed by atoms with Gasteiger partial charge in [0.25, 0.3) is 0 Å². The molecule has 2 nitrogen and oxygen atoms in total. The highest BCUT2D eigenvalue weighted by Crippen LogP contribution is 2.35. The Morgan fingerprint density at radius 3 is 2.56 bits per heavy atom. The highest BCUT2D eigenvalue weighted by molar-refractivity contribution is 9.10. The van der Waals surface area contributed by atoms with Crippen molar-refractivity contribution >= 4 is 21.6 Å². The maximum Gasteiger partial charge on any atom is 0.416 e. The molecular weight excluding hydrogens is 311 g/mol. The number of hydrogen-bond donors (Lipinski definition) is 1. The van der Waals surface area contributed by atoms with E-state index in [0.717, 1.165) is 25.0 Å². The monoisotopic (exact) mass is 323 g/mol. The molecule has 0 atom stereocenters. The predicted octanol–water partition coefficient (Wildman–Crippen LogP) is 4.06. The summed E-state index contributed by atoms with van der Waals surface area (Å²) in [6, 6.07) is 3.78. The summed E-state index contributed by atoms with van der Waals surface area (Å²) in [5, 5.41) is 3.10. The van der Waals surface area contributed by atoms with Gasteiger partial charge < -0.3 is 10.1 Å². The molecule has 0 bridgehead atoms. The largest absolute Gasteiger partial charge is 0.416 e. The van der Waals surface area contributed by atoms with E-state index in [4.69, 9.17) is 4.74 Å². The Morgan fingerprint density at radius 1 is 1.33 bits per heavy atom. The van der Waals surface area contributed by atoms with Crippen LogP contribution in [-0.4, -0.2) is 19.3 Å². The molecule has 1 aromatic carbocycles. The van der Waals surface area contributed by atoms with Crippen molar-refractivity contribution in [3.63, 3.8) is 0 Å². The van der Waals surface area contributed by atoms with Crippen LogP contribution in [0.5, 0.6) is 0 Å². The van der Waals surface area contributed by atoms with Gasteiger partial charge in [0, 0.05) is 23.3 Å². The van der Waals surface area contributed by atoms with Crippen molar-refractivity contribution in [2.24, 2.45) is 0 Å². The van der Waals surface area contributed by atoms with E-state index in [0.29, 0.717) is 10.2 Å². The number of anilines is 1. The van der Waals surface area contributed by atoms with Gasteiger partial charge in [-0.15, -0.1) is 0 Å². The van der Waals surface area contributed by atoms with Crippen molar-refractivity contribution < 1.29 is 17.9 Å². The molecule has 0 amide bonds. The highest BCUT2D eigenvalue weighted by atomic mass is 79.9. The van der Waals surface area contributed by atoms with E-state index in [2.05, 4.69) is 21.2 Å². The minimum atomic E-state index is -4.31. The zero-order valence-electron chi connectivity index (χ0n) is 9.72. The van der Waals surface area contributed by atoms with Crippen molar-refractivity contribution in [3.05, 3.63) is 28.2 Å². The van der Waals surface area contributed by atoms with Crippen molar-refractivity contribution in [3.8, 4) is 0 Å². The Bertz CT molecular complexity index is 430. The van der Waals surface area contributed by atoms with Crippen LogP contribution >= 0.6 is 15.9 Å². The smallest absolute Gasteiger partial charge is 0.381 e. The molecule has 1 aliphatic rings. The van der Waals surface area contributed by atoms with Gasteiger partial charge in [-0.1, -0.05) is 0 Å². The third-order valence-electron chi connectivity index (χ3n) is 3.08. The minimum absolute atomic E-state index is 0.176. The second kappa shape index (κ2) is 5.09.